The number of hydrogen-bond donors (Lipinski definition) is 3. The van der Waals surface area contributed by atoms with Crippen molar-refractivity contribution in [2.45, 2.75) is 70.9 Å². The first-order valence-corrected chi connectivity index (χ1v) is 8.76. The molecule has 0 spiro atoms. The molecule has 1 rings (SSSR count). The average Bonchev–Trinajstić information content (AvgIpc) is 2.45. The van der Waals surface area contributed by atoms with Crippen molar-refractivity contribution in [3.8, 4) is 0 Å². The molecule has 0 aromatic rings. The molecule has 1 atom stereocenters. The lowest BCUT2D eigenvalue weighted by Gasteiger charge is -2.34. The van der Waals surface area contributed by atoms with E-state index in [0.29, 0.717) is 12.3 Å². The molecule has 1 aliphatic rings. The molecule has 7 nitrogen and oxygen atoms in total. The highest BCUT2D eigenvalue weighted by Crippen LogP contribution is 2.33. The summed E-state index contributed by atoms with van der Waals surface area (Å²) in [5.74, 6) is 0.825. The van der Waals surface area contributed by atoms with Gasteiger partial charge in [-0.25, -0.2) is 4.79 Å². The first kappa shape index (κ1) is 20.5. The van der Waals surface area contributed by atoms with Gasteiger partial charge in [-0.2, -0.15) is 0 Å². The largest absolute Gasteiger partial charge is 0.530 e. The van der Waals surface area contributed by atoms with Crippen LogP contribution in [0.25, 0.3) is 0 Å². The van der Waals surface area contributed by atoms with Gasteiger partial charge in [0.2, 0.25) is 0 Å². The maximum atomic E-state index is 12.1. The van der Waals surface area contributed by atoms with E-state index in [9.17, 15) is 14.7 Å². The number of carbonyl (C=O) groups excluding carboxylic acids is 2. The zero-order valence-corrected chi connectivity index (χ0v) is 15.0. The van der Waals surface area contributed by atoms with Crippen LogP contribution in [0.1, 0.15) is 59.3 Å². The lowest BCUT2D eigenvalue weighted by atomic mass is 9.76. The van der Waals surface area contributed by atoms with Crippen LogP contribution in [0.15, 0.2) is 0 Å². The Kier molecular flexibility index (Phi) is 8.31. The predicted molar refractivity (Wildman–Crippen MR) is 88.3 cm³/mol. The molecule has 1 aliphatic carbocycles. The Bertz CT molecular complexity index is 400. The topological polar surface area (TPSA) is 111 Å². The van der Waals surface area contributed by atoms with Gasteiger partial charge in [0.1, 0.15) is 11.7 Å². The van der Waals surface area contributed by atoms with Gasteiger partial charge >= 0.3 is 6.09 Å². The number of aliphatic hydroxyl groups excluding tert-OH is 1. The summed E-state index contributed by atoms with van der Waals surface area (Å²) >= 11 is 0. The van der Waals surface area contributed by atoms with E-state index < -0.39 is 17.8 Å². The van der Waals surface area contributed by atoms with Gasteiger partial charge in [-0.3, -0.25) is 0 Å². The van der Waals surface area contributed by atoms with Gasteiger partial charge in [-0.05, 0) is 58.3 Å². The van der Waals surface area contributed by atoms with Crippen LogP contribution in [0.3, 0.4) is 0 Å². The highest BCUT2D eigenvalue weighted by molar-refractivity contribution is 5.68. The Morgan fingerprint density at radius 1 is 1.25 bits per heavy atom. The molecule has 1 saturated carbocycles. The maximum absolute atomic E-state index is 12.1. The fourth-order valence-corrected chi connectivity index (χ4v) is 3.28. The van der Waals surface area contributed by atoms with Crippen LogP contribution >= 0.6 is 0 Å². The first-order valence-electron chi connectivity index (χ1n) is 8.76. The molecule has 0 aliphatic heterocycles. The van der Waals surface area contributed by atoms with Gasteiger partial charge in [0.15, 0.2) is 0 Å². The molecular weight excluding hydrogens is 312 g/mol. The quantitative estimate of drug-likeness (QED) is 0.647. The summed E-state index contributed by atoms with van der Waals surface area (Å²) in [5, 5.41) is 24.7. The van der Waals surface area contributed by atoms with Gasteiger partial charge in [-0.15, -0.1) is 0 Å². The van der Waals surface area contributed by atoms with Crippen molar-refractivity contribution in [2.75, 3.05) is 13.2 Å². The Labute approximate surface area is 144 Å². The Morgan fingerprint density at radius 3 is 2.38 bits per heavy atom. The highest BCUT2D eigenvalue weighted by Gasteiger charge is 2.29. The fourth-order valence-electron chi connectivity index (χ4n) is 3.28. The SMILES string of the molecule is CC(C)(C)OC(=O)NC(CCNC(=O)[O-])C1CCC(CCO)CC1. The highest BCUT2D eigenvalue weighted by atomic mass is 16.6. The van der Waals surface area contributed by atoms with Gasteiger partial charge < -0.3 is 30.4 Å². The normalized spacial score (nSPS) is 22.5. The van der Waals surface area contributed by atoms with E-state index in [1.165, 1.54) is 0 Å². The number of aliphatic hydroxyl groups is 1. The van der Waals surface area contributed by atoms with Crippen LogP contribution < -0.4 is 15.7 Å². The Hall–Kier alpha value is -1.50. The number of carbonyl (C=O) groups is 2. The van der Waals surface area contributed by atoms with Crippen molar-refractivity contribution in [3.63, 3.8) is 0 Å². The third-order valence-corrected chi connectivity index (χ3v) is 4.42. The van der Waals surface area contributed by atoms with Crippen molar-refractivity contribution < 1.29 is 24.5 Å². The van der Waals surface area contributed by atoms with Gasteiger partial charge in [0, 0.05) is 19.2 Å². The Balaban J connectivity index is 2.57. The second kappa shape index (κ2) is 9.71. The first-order chi connectivity index (χ1) is 11.2. The lowest BCUT2D eigenvalue weighted by Crippen LogP contribution is -2.46. The van der Waals surface area contributed by atoms with E-state index >= 15 is 0 Å². The molecule has 140 valence electrons. The monoisotopic (exact) mass is 343 g/mol. The number of rotatable bonds is 7. The summed E-state index contributed by atoms with van der Waals surface area (Å²) in [5.41, 5.74) is -0.573. The number of carboxylic acid groups (broad SMARTS) is 1. The van der Waals surface area contributed by atoms with Gasteiger partial charge in [0.25, 0.3) is 0 Å². The zero-order valence-electron chi connectivity index (χ0n) is 15.0. The second-order valence-electron chi connectivity index (χ2n) is 7.55. The minimum absolute atomic E-state index is 0.137. The van der Waals surface area contributed by atoms with E-state index in [1.54, 1.807) is 20.8 Å². The van der Waals surface area contributed by atoms with Crippen LogP contribution in [-0.4, -0.2) is 42.1 Å². The predicted octanol–water partition coefficient (Wildman–Crippen LogP) is 1.39. The number of amides is 2. The molecule has 1 fully saturated rings. The number of ether oxygens (including phenoxy) is 1. The molecule has 0 aromatic carbocycles. The molecule has 1 unspecified atom stereocenters. The number of hydrogen-bond acceptors (Lipinski definition) is 5. The van der Waals surface area contributed by atoms with Crippen molar-refractivity contribution >= 4 is 12.2 Å². The summed E-state index contributed by atoms with van der Waals surface area (Å²) < 4.78 is 5.31. The summed E-state index contributed by atoms with van der Waals surface area (Å²) in [6.07, 6.45) is 3.49. The minimum Gasteiger partial charge on any atom is -0.530 e. The summed E-state index contributed by atoms with van der Waals surface area (Å²) in [7, 11) is 0. The third-order valence-electron chi connectivity index (χ3n) is 4.42. The maximum Gasteiger partial charge on any atom is 0.407 e. The Morgan fingerprint density at radius 2 is 1.88 bits per heavy atom. The van der Waals surface area contributed by atoms with E-state index in [-0.39, 0.29) is 25.1 Å². The standard InChI is InChI=1S/C17H32N2O5/c1-17(2,3)24-16(23)19-14(8-10-18-15(21)22)13-6-4-12(5-7-13)9-11-20/h12-14,18,20H,4-11H2,1-3H3,(H,19,23)(H,21,22)/p-1. The summed E-state index contributed by atoms with van der Waals surface area (Å²) in [4.78, 5) is 22.6. The van der Waals surface area contributed by atoms with Crippen molar-refractivity contribution in [2.24, 2.45) is 11.8 Å². The van der Waals surface area contributed by atoms with Gasteiger partial charge in [0.05, 0.1) is 0 Å². The molecule has 0 heterocycles. The van der Waals surface area contributed by atoms with E-state index in [2.05, 4.69) is 10.6 Å². The second-order valence-corrected chi connectivity index (χ2v) is 7.55. The van der Waals surface area contributed by atoms with E-state index in [0.717, 1.165) is 32.1 Å². The molecule has 2 amide bonds. The van der Waals surface area contributed by atoms with Crippen LogP contribution in [0.5, 0.6) is 0 Å². The van der Waals surface area contributed by atoms with Crippen LogP contribution in [0.4, 0.5) is 9.59 Å². The summed E-state index contributed by atoms with van der Waals surface area (Å²) in [6, 6.07) is -0.137. The van der Waals surface area contributed by atoms with Gasteiger partial charge in [-0.1, -0.05) is 12.8 Å². The number of alkyl carbamates (subject to hydrolysis) is 1. The third kappa shape index (κ3) is 8.38. The zero-order chi connectivity index (χ0) is 18.2. The molecule has 3 N–H and O–H groups in total. The molecule has 0 bridgehead atoms. The van der Waals surface area contributed by atoms with E-state index in [4.69, 9.17) is 9.84 Å². The van der Waals surface area contributed by atoms with E-state index in [1.807, 2.05) is 0 Å². The van der Waals surface area contributed by atoms with Crippen LogP contribution in [0.2, 0.25) is 0 Å². The molecule has 24 heavy (non-hydrogen) atoms. The summed E-state index contributed by atoms with van der Waals surface area (Å²) in [6.45, 7) is 5.86. The molecular formula is C17H31N2O5-. The van der Waals surface area contributed by atoms with Crippen molar-refractivity contribution in [1.29, 1.82) is 0 Å². The smallest absolute Gasteiger partial charge is 0.407 e. The molecule has 0 saturated heterocycles. The van der Waals surface area contributed by atoms with Crippen molar-refractivity contribution in [3.05, 3.63) is 0 Å². The lowest BCUT2D eigenvalue weighted by molar-refractivity contribution is -0.250. The minimum atomic E-state index is -1.31. The average molecular weight is 343 g/mol. The van der Waals surface area contributed by atoms with Crippen LogP contribution in [-0.2, 0) is 4.74 Å². The molecule has 0 aromatic heterocycles. The molecule has 7 heteroatoms. The molecule has 0 radical (unpaired) electrons. The van der Waals surface area contributed by atoms with Crippen LogP contribution in [0, 0.1) is 11.8 Å². The van der Waals surface area contributed by atoms with Crippen molar-refractivity contribution in [1.82, 2.24) is 10.6 Å². The number of nitrogens with one attached hydrogen (secondary N) is 2. The fraction of sp³-hybridized carbons (Fsp3) is 0.882.